The average molecular weight is 448 g/mol. The molecule has 10 nitrogen and oxygen atoms in total. The van der Waals surface area contributed by atoms with E-state index in [0.717, 1.165) is 15.6 Å². The number of rotatable bonds is 4. The Morgan fingerprint density at radius 3 is 2.59 bits per heavy atom. The van der Waals surface area contributed by atoms with E-state index in [4.69, 9.17) is 0 Å². The van der Waals surface area contributed by atoms with Crippen LogP contribution in [-0.4, -0.2) is 54.5 Å². The fraction of sp³-hybridized carbons (Fsp3) is 0.286. The maximum Gasteiger partial charge on any atom is 0.262 e. The molecular weight excluding hydrogens is 432 g/mol. The Bertz CT molecular complexity index is 1320. The summed E-state index contributed by atoms with van der Waals surface area (Å²) in [7, 11) is 0. The Labute approximate surface area is 185 Å². The molecule has 0 bridgehead atoms. The van der Waals surface area contributed by atoms with Gasteiger partial charge in [-0.2, -0.15) is 0 Å². The van der Waals surface area contributed by atoms with Gasteiger partial charge in [0.25, 0.3) is 11.8 Å². The van der Waals surface area contributed by atoms with Crippen molar-refractivity contribution in [1.82, 2.24) is 30.2 Å². The van der Waals surface area contributed by atoms with E-state index in [-0.39, 0.29) is 24.0 Å². The molecule has 32 heavy (non-hydrogen) atoms. The number of carbonyl (C=O) groups excluding carboxylic acids is 4. The quantitative estimate of drug-likeness (QED) is 0.602. The predicted molar refractivity (Wildman–Crippen MR) is 111 cm³/mol. The molecule has 4 heterocycles. The van der Waals surface area contributed by atoms with E-state index < -0.39 is 29.7 Å². The monoisotopic (exact) mass is 448 g/mol. The van der Waals surface area contributed by atoms with Crippen LogP contribution >= 0.6 is 11.3 Å². The number of hydrogen-bond acceptors (Lipinski definition) is 8. The summed E-state index contributed by atoms with van der Waals surface area (Å²) < 4.78 is 1.53. The Morgan fingerprint density at radius 2 is 1.81 bits per heavy atom. The van der Waals surface area contributed by atoms with E-state index in [0.29, 0.717) is 17.3 Å². The zero-order valence-corrected chi connectivity index (χ0v) is 17.5. The largest absolute Gasteiger partial charge is 0.295 e. The molecule has 6 rings (SSSR count). The van der Waals surface area contributed by atoms with E-state index in [1.54, 1.807) is 35.7 Å². The first-order chi connectivity index (χ1) is 15.5. The van der Waals surface area contributed by atoms with Crippen LogP contribution in [0.3, 0.4) is 0 Å². The van der Waals surface area contributed by atoms with Gasteiger partial charge in [-0.05, 0) is 37.5 Å². The van der Waals surface area contributed by atoms with Crippen LogP contribution in [0.1, 0.15) is 57.3 Å². The minimum absolute atomic E-state index is 0.0792. The summed E-state index contributed by atoms with van der Waals surface area (Å²) in [6, 6.07) is 3.79. The van der Waals surface area contributed by atoms with Crippen molar-refractivity contribution >= 4 is 35.0 Å². The lowest BCUT2D eigenvalue weighted by molar-refractivity contribution is -0.136. The van der Waals surface area contributed by atoms with Crippen molar-refractivity contribution in [2.45, 2.75) is 37.6 Å². The third kappa shape index (κ3) is 2.96. The fourth-order valence-corrected chi connectivity index (χ4v) is 5.02. The highest BCUT2D eigenvalue weighted by Gasteiger charge is 2.44. The highest BCUT2D eigenvalue weighted by molar-refractivity contribution is 7.10. The maximum atomic E-state index is 13.0. The van der Waals surface area contributed by atoms with Crippen LogP contribution in [0.2, 0.25) is 0 Å². The van der Waals surface area contributed by atoms with Crippen molar-refractivity contribution in [1.29, 1.82) is 0 Å². The zero-order valence-electron chi connectivity index (χ0n) is 16.6. The maximum absolute atomic E-state index is 13.0. The standard InChI is InChI=1S/C21H16N6O4S/c28-17-6-5-16(18(29)23-17)27-20(30)12-4-3-11(7-13(12)21(27)31)26-8-14(24-25-26)15-9-32-19(22-15)10-1-2-10/h3-4,7-10,16H,1-2,5-6H2,(H,23,28,29). The molecule has 4 amide bonds. The molecular formula is C21H16N6O4S. The molecule has 0 radical (unpaired) electrons. The Balaban J connectivity index is 1.29. The van der Waals surface area contributed by atoms with E-state index in [2.05, 4.69) is 20.6 Å². The smallest absolute Gasteiger partial charge is 0.262 e. The van der Waals surface area contributed by atoms with Gasteiger partial charge in [0.1, 0.15) is 17.4 Å². The minimum Gasteiger partial charge on any atom is -0.295 e. The Hall–Kier alpha value is -3.73. The molecule has 1 saturated carbocycles. The van der Waals surface area contributed by atoms with Crippen LogP contribution in [-0.2, 0) is 9.59 Å². The van der Waals surface area contributed by atoms with Crippen molar-refractivity contribution in [3.05, 3.63) is 45.9 Å². The Kier molecular flexibility index (Phi) is 4.09. The van der Waals surface area contributed by atoms with Gasteiger partial charge < -0.3 is 0 Å². The van der Waals surface area contributed by atoms with E-state index in [1.807, 2.05) is 5.38 Å². The third-order valence-corrected chi connectivity index (χ3v) is 6.90. The molecule has 1 unspecified atom stereocenters. The fourth-order valence-electron chi connectivity index (χ4n) is 4.03. The number of fused-ring (bicyclic) bond motifs is 1. The van der Waals surface area contributed by atoms with Gasteiger partial charge in [0.05, 0.1) is 28.0 Å². The summed E-state index contributed by atoms with van der Waals surface area (Å²) in [4.78, 5) is 55.0. The van der Waals surface area contributed by atoms with E-state index >= 15 is 0 Å². The summed E-state index contributed by atoms with van der Waals surface area (Å²) in [6.07, 6.45) is 4.28. The van der Waals surface area contributed by atoms with Crippen LogP contribution in [0.15, 0.2) is 29.8 Å². The van der Waals surface area contributed by atoms with E-state index in [9.17, 15) is 19.2 Å². The van der Waals surface area contributed by atoms with Crippen molar-refractivity contribution < 1.29 is 19.2 Å². The van der Waals surface area contributed by atoms with Gasteiger partial charge in [-0.15, -0.1) is 16.4 Å². The number of amides is 4. The minimum atomic E-state index is -0.994. The van der Waals surface area contributed by atoms with Crippen molar-refractivity contribution in [2.75, 3.05) is 0 Å². The number of benzene rings is 1. The second-order valence-electron chi connectivity index (χ2n) is 8.07. The summed E-state index contributed by atoms with van der Waals surface area (Å²) in [5, 5.41) is 13.6. The lowest BCUT2D eigenvalue weighted by atomic mass is 10.0. The second-order valence-corrected chi connectivity index (χ2v) is 8.96. The number of nitrogens with one attached hydrogen (secondary N) is 1. The molecule has 160 valence electrons. The predicted octanol–water partition coefficient (Wildman–Crippen LogP) is 1.67. The average Bonchev–Trinajstić information content (AvgIpc) is 3.21. The number of hydrogen-bond donors (Lipinski definition) is 1. The molecule has 1 atom stereocenters. The molecule has 2 aromatic heterocycles. The van der Waals surface area contributed by atoms with Gasteiger partial charge in [0.15, 0.2) is 0 Å². The van der Waals surface area contributed by atoms with Gasteiger partial charge in [-0.1, -0.05) is 5.21 Å². The van der Waals surface area contributed by atoms with Crippen LogP contribution in [0, 0.1) is 0 Å². The SMILES string of the molecule is O=C1CCC(N2C(=O)c3ccc(-n4cc(-c5csc(C6CC6)n5)nn4)cc3C2=O)C(=O)N1. The second kappa shape index (κ2) is 6.89. The number of nitrogens with zero attached hydrogens (tertiary/aromatic N) is 5. The van der Waals surface area contributed by atoms with Gasteiger partial charge in [0.2, 0.25) is 11.8 Å². The number of imide groups is 2. The topological polar surface area (TPSA) is 127 Å². The van der Waals surface area contributed by atoms with Crippen LogP contribution in [0.5, 0.6) is 0 Å². The number of aromatic nitrogens is 4. The number of thiazole rings is 1. The van der Waals surface area contributed by atoms with Gasteiger partial charge in [-0.3, -0.25) is 29.4 Å². The van der Waals surface area contributed by atoms with Crippen molar-refractivity contribution in [3.63, 3.8) is 0 Å². The highest BCUT2D eigenvalue weighted by Crippen LogP contribution is 2.42. The molecule has 0 spiro atoms. The lowest BCUT2D eigenvalue weighted by Crippen LogP contribution is -2.54. The summed E-state index contributed by atoms with van der Waals surface area (Å²) >= 11 is 1.62. The highest BCUT2D eigenvalue weighted by atomic mass is 32.1. The summed E-state index contributed by atoms with van der Waals surface area (Å²) in [6.45, 7) is 0. The van der Waals surface area contributed by atoms with E-state index in [1.165, 1.54) is 17.5 Å². The molecule has 11 heteroatoms. The van der Waals surface area contributed by atoms with Gasteiger partial charge >= 0.3 is 0 Å². The third-order valence-electron chi connectivity index (χ3n) is 5.89. The first-order valence-corrected chi connectivity index (χ1v) is 11.1. The molecule has 1 saturated heterocycles. The van der Waals surface area contributed by atoms with Gasteiger partial charge in [0, 0.05) is 17.7 Å². The van der Waals surface area contributed by atoms with Crippen molar-refractivity contribution in [3.8, 4) is 17.1 Å². The van der Waals surface area contributed by atoms with Gasteiger partial charge in [-0.25, -0.2) is 9.67 Å². The molecule has 1 N–H and O–H groups in total. The lowest BCUT2D eigenvalue weighted by Gasteiger charge is -2.27. The molecule has 3 aromatic rings. The molecule has 1 aliphatic carbocycles. The van der Waals surface area contributed by atoms with Crippen LogP contribution < -0.4 is 5.32 Å². The molecule has 2 fully saturated rings. The van der Waals surface area contributed by atoms with Crippen LogP contribution in [0.25, 0.3) is 17.1 Å². The number of piperidine rings is 1. The number of carbonyl (C=O) groups is 4. The summed E-state index contributed by atoms with van der Waals surface area (Å²) in [5.41, 5.74) is 2.36. The van der Waals surface area contributed by atoms with Crippen LogP contribution in [0.4, 0.5) is 0 Å². The summed E-state index contributed by atoms with van der Waals surface area (Å²) in [5.74, 6) is -1.57. The normalized spacial score (nSPS) is 20.6. The molecule has 1 aromatic carbocycles. The Morgan fingerprint density at radius 1 is 1.00 bits per heavy atom. The molecule has 2 aliphatic heterocycles. The zero-order chi connectivity index (χ0) is 22.0. The first kappa shape index (κ1) is 19.0. The molecule has 3 aliphatic rings. The first-order valence-electron chi connectivity index (χ1n) is 10.2. The van der Waals surface area contributed by atoms with Crippen molar-refractivity contribution in [2.24, 2.45) is 0 Å².